The zero-order valence-electron chi connectivity index (χ0n) is 13.6. The van der Waals surface area contributed by atoms with Crippen molar-refractivity contribution in [1.29, 1.82) is 0 Å². The summed E-state index contributed by atoms with van der Waals surface area (Å²) in [6, 6.07) is 8.89. The molecule has 2 rings (SSSR count). The number of thiocarbonyl (C=S) groups is 1. The third-order valence-corrected chi connectivity index (χ3v) is 4.87. The van der Waals surface area contributed by atoms with Gasteiger partial charge in [0, 0.05) is 0 Å². The van der Waals surface area contributed by atoms with Gasteiger partial charge < -0.3 is 5.11 Å². The first-order valence-corrected chi connectivity index (χ1v) is 8.89. The standard InChI is InChI=1S/C18H19NO3S2/c1-3-7-14(17(21)22)19-16(20)15(24-18(19)23)11-12(2)10-13-8-5-4-6-9-13/h4-6,8-11,14H,3,7H2,1-2H3,(H,21,22)/b12-10+,15-11+/t14-/m1/s1. The maximum Gasteiger partial charge on any atom is 0.326 e. The van der Waals surface area contributed by atoms with Gasteiger partial charge in [0.25, 0.3) is 5.91 Å². The van der Waals surface area contributed by atoms with E-state index < -0.39 is 12.0 Å². The Kier molecular flexibility index (Phi) is 6.34. The van der Waals surface area contributed by atoms with Crippen LogP contribution >= 0.6 is 24.0 Å². The van der Waals surface area contributed by atoms with Crippen LogP contribution in [0.5, 0.6) is 0 Å². The first kappa shape index (κ1) is 18.4. The molecular formula is C18H19NO3S2. The van der Waals surface area contributed by atoms with E-state index in [1.807, 2.05) is 50.3 Å². The van der Waals surface area contributed by atoms with Crippen LogP contribution in [0.2, 0.25) is 0 Å². The molecule has 1 saturated heterocycles. The summed E-state index contributed by atoms with van der Waals surface area (Å²) in [7, 11) is 0. The largest absolute Gasteiger partial charge is 0.480 e. The van der Waals surface area contributed by atoms with E-state index in [2.05, 4.69) is 0 Å². The summed E-state index contributed by atoms with van der Waals surface area (Å²) >= 11 is 6.39. The molecule has 1 aromatic carbocycles. The predicted octanol–water partition coefficient (Wildman–Crippen LogP) is 4.09. The maximum absolute atomic E-state index is 12.6. The first-order valence-electron chi connectivity index (χ1n) is 7.67. The fraction of sp³-hybridized carbons (Fsp3) is 0.278. The van der Waals surface area contributed by atoms with Crippen molar-refractivity contribution in [3.63, 3.8) is 0 Å². The predicted molar refractivity (Wildman–Crippen MR) is 102 cm³/mol. The zero-order valence-corrected chi connectivity index (χ0v) is 15.2. The highest BCUT2D eigenvalue weighted by Gasteiger charge is 2.39. The van der Waals surface area contributed by atoms with E-state index in [1.165, 1.54) is 4.90 Å². The Bertz CT molecular complexity index is 710. The van der Waals surface area contributed by atoms with Gasteiger partial charge in [0.1, 0.15) is 10.4 Å². The molecule has 0 aromatic heterocycles. The van der Waals surface area contributed by atoms with Crippen molar-refractivity contribution < 1.29 is 14.7 Å². The number of aliphatic carboxylic acids is 1. The third-order valence-electron chi connectivity index (χ3n) is 3.54. The minimum absolute atomic E-state index is 0.305. The van der Waals surface area contributed by atoms with Gasteiger partial charge in [-0.1, -0.05) is 73.7 Å². The van der Waals surface area contributed by atoms with Crippen LogP contribution in [-0.2, 0) is 9.59 Å². The minimum atomic E-state index is -1.02. The summed E-state index contributed by atoms with van der Waals surface area (Å²) in [6.07, 6.45) is 4.78. The summed E-state index contributed by atoms with van der Waals surface area (Å²) in [5, 5.41) is 9.37. The lowest BCUT2D eigenvalue weighted by molar-refractivity contribution is -0.145. The van der Waals surface area contributed by atoms with E-state index in [4.69, 9.17) is 12.2 Å². The van der Waals surface area contributed by atoms with Gasteiger partial charge >= 0.3 is 5.97 Å². The Morgan fingerprint density at radius 2 is 2.04 bits per heavy atom. The first-order chi connectivity index (χ1) is 11.4. The van der Waals surface area contributed by atoms with E-state index in [-0.39, 0.29) is 5.91 Å². The molecule has 4 nitrogen and oxygen atoms in total. The molecule has 1 fully saturated rings. The Morgan fingerprint density at radius 3 is 2.62 bits per heavy atom. The lowest BCUT2D eigenvalue weighted by Gasteiger charge is -2.22. The molecule has 1 amide bonds. The molecule has 126 valence electrons. The molecule has 1 aromatic rings. The smallest absolute Gasteiger partial charge is 0.326 e. The number of carbonyl (C=O) groups excluding carboxylic acids is 1. The highest BCUT2D eigenvalue weighted by molar-refractivity contribution is 8.26. The SMILES string of the molecule is CCC[C@H](C(=O)O)N1C(=O)/C(=C\C(C)=C\c2ccccc2)SC1=S. The van der Waals surface area contributed by atoms with E-state index in [0.29, 0.717) is 22.1 Å². The molecule has 0 saturated carbocycles. The maximum atomic E-state index is 12.6. The number of nitrogens with zero attached hydrogens (tertiary/aromatic N) is 1. The normalized spacial score (nSPS) is 18.3. The Labute approximate surface area is 151 Å². The number of amides is 1. The second kappa shape index (κ2) is 8.26. The number of allylic oxidation sites excluding steroid dienone is 2. The summed E-state index contributed by atoms with van der Waals surface area (Å²) in [5.41, 5.74) is 1.94. The van der Waals surface area contributed by atoms with E-state index in [0.717, 1.165) is 22.9 Å². The lowest BCUT2D eigenvalue weighted by Crippen LogP contribution is -2.43. The van der Waals surface area contributed by atoms with Crippen LogP contribution in [0.1, 0.15) is 32.3 Å². The number of carbonyl (C=O) groups is 2. The molecule has 0 radical (unpaired) electrons. The number of thioether (sulfide) groups is 1. The van der Waals surface area contributed by atoms with E-state index >= 15 is 0 Å². The van der Waals surface area contributed by atoms with Crippen molar-refractivity contribution in [2.24, 2.45) is 0 Å². The zero-order chi connectivity index (χ0) is 17.7. The number of rotatable bonds is 6. The Morgan fingerprint density at radius 1 is 1.38 bits per heavy atom. The second-order valence-electron chi connectivity index (χ2n) is 5.49. The van der Waals surface area contributed by atoms with Gasteiger partial charge in [-0.15, -0.1) is 0 Å². The molecule has 0 bridgehead atoms. The van der Waals surface area contributed by atoms with Crippen molar-refractivity contribution >= 4 is 46.3 Å². The molecule has 0 unspecified atom stereocenters. The molecule has 1 heterocycles. The van der Waals surface area contributed by atoms with E-state index in [1.54, 1.807) is 6.08 Å². The van der Waals surface area contributed by atoms with Crippen molar-refractivity contribution in [3.8, 4) is 0 Å². The van der Waals surface area contributed by atoms with Crippen LogP contribution in [0.25, 0.3) is 6.08 Å². The van der Waals surface area contributed by atoms with Crippen LogP contribution in [0, 0.1) is 0 Å². The topological polar surface area (TPSA) is 57.6 Å². The van der Waals surface area contributed by atoms with Gasteiger partial charge in [0.15, 0.2) is 0 Å². The van der Waals surface area contributed by atoms with Crippen molar-refractivity contribution in [1.82, 2.24) is 4.90 Å². The molecule has 0 aliphatic carbocycles. The van der Waals surface area contributed by atoms with E-state index in [9.17, 15) is 14.7 Å². The molecule has 6 heteroatoms. The fourth-order valence-electron chi connectivity index (χ4n) is 2.45. The average Bonchev–Trinajstić information content (AvgIpc) is 2.80. The van der Waals surface area contributed by atoms with Crippen LogP contribution in [0.3, 0.4) is 0 Å². The van der Waals surface area contributed by atoms with Gasteiger partial charge in [-0.2, -0.15) is 0 Å². The lowest BCUT2D eigenvalue weighted by atomic mass is 10.1. The minimum Gasteiger partial charge on any atom is -0.480 e. The highest BCUT2D eigenvalue weighted by atomic mass is 32.2. The molecule has 1 aliphatic rings. The molecule has 1 aliphatic heterocycles. The summed E-state index contributed by atoms with van der Waals surface area (Å²) < 4.78 is 0.305. The fourth-order valence-corrected chi connectivity index (χ4v) is 3.85. The number of carboxylic acid groups (broad SMARTS) is 1. The van der Waals surface area contributed by atoms with Gasteiger partial charge in [0.2, 0.25) is 0 Å². The quantitative estimate of drug-likeness (QED) is 0.611. The molecule has 1 N–H and O–H groups in total. The number of hydrogen-bond donors (Lipinski definition) is 1. The summed E-state index contributed by atoms with van der Waals surface area (Å²) in [5.74, 6) is -1.35. The van der Waals surface area contributed by atoms with Gasteiger partial charge in [-0.05, 0) is 30.6 Å². The molecule has 24 heavy (non-hydrogen) atoms. The molecule has 0 spiro atoms. The average molecular weight is 361 g/mol. The summed E-state index contributed by atoms with van der Waals surface area (Å²) in [4.78, 5) is 25.7. The molecular weight excluding hydrogens is 342 g/mol. The number of hydrogen-bond acceptors (Lipinski definition) is 4. The van der Waals surface area contributed by atoms with Crippen molar-refractivity contribution in [2.45, 2.75) is 32.7 Å². The number of carboxylic acids is 1. The van der Waals surface area contributed by atoms with Gasteiger partial charge in [0.05, 0.1) is 4.91 Å². The number of benzene rings is 1. The highest BCUT2D eigenvalue weighted by Crippen LogP contribution is 2.34. The third kappa shape index (κ3) is 4.33. The van der Waals surface area contributed by atoms with Crippen molar-refractivity contribution in [2.75, 3.05) is 0 Å². The van der Waals surface area contributed by atoms with Crippen LogP contribution < -0.4 is 0 Å². The van der Waals surface area contributed by atoms with Crippen LogP contribution in [0.4, 0.5) is 0 Å². The van der Waals surface area contributed by atoms with Crippen molar-refractivity contribution in [3.05, 3.63) is 52.4 Å². The van der Waals surface area contributed by atoms with Crippen LogP contribution in [-0.4, -0.2) is 32.2 Å². The van der Waals surface area contributed by atoms with Gasteiger partial charge in [-0.3, -0.25) is 9.69 Å². The van der Waals surface area contributed by atoms with Gasteiger partial charge in [-0.25, -0.2) is 4.79 Å². The second-order valence-corrected chi connectivity index (χ2v) is 7.17. The Balaban J connectivity index is 2.24. The monoisotopic (exact) mass is 361 g/mol. The van der Waals surface area contributed by atoms with Crippen LogP contribution in [0.15, 0.2) is 46.9 Å². The Hall–Kier alpha value is -1.92. The summed E-state index contributed by atoms with van der Waals surface area (Å²) in [6.45, 7) is 3.79. The molecule has 1 atom stereocenters.